The first-order valence-electron chi connectivity index (χ1n) is 11.3. The summed E-state index contributed by atoms with van der Waals surface area (Å²) in [6.07, 6.45) is 2.74. The SMILES string of the molecule is Cc1cc(-c2sc(N3CC4CCC(C3)O4)nc2CNC(=O)c2ccc(F)cc2C)cc(C)n1. The van der Waals surface area contributed by atoms with Gasteiger partial charge in [-0.2, -0.15) is 0 Å². The maximum Gasteiger partial charge on any atom is 0.251 e. The van der Waals surface area contributed by atoms with E-state index in [4.69, 9.17) is 9.72 Å². The lowest BCUT2D eigenvalue weighted by molar-refractivity contribution is 0.0305. The maximum absolute atomic E-state index is 13.4. The first kappa shape index (κ1) is 22.0. The van der Waals surface area contributed by atoms with Gasteiger partial charge in [0.05, 0.1) is 29.3 Å². The van der Waals surface area contributed by atoms with Crippen LogP contribution in [0.15, 0.2) is 30.3 Å². The molecule has 5 rings (SSSR count). The largest absolute Gasteiger partial charge is 0.371 e. The molecule has 2 fully saturated rings. The maximum atomic E-state index is 13.4. The third-order valence-corrected chi connectivity index (χ3v) is 7.40. The Labute approximate surface area is 196 Å². The number of pyridine rings is 1. The Balaban J connectivity index is 1.44. The molecular formula is C25H27FN4O2S. The molecule has 2 saturated heterocycles. The molecule has 0 radical (unpaired) electrons. The van der Waals surface area contributed by atoms with Crippen molar-refractivity contribution in [2.45, 2.75) is 52.4 Å². The number of thiazole rings is 1. The van der Waals surface area contributed by atoms with Gasteiger partial charge in [0.25, 0.3) is 5.91 Å². The van der Waals surface area contributed by atoms with Gasteiger partial charge in [-0.05, 0) is 75.1 Å². The van der Waals surface area contributed by atoms with Gasteiger partial charge in [0.1, 0.15) is 5.82 Å². The number of nitrogens with one attached hydrogen (secondary N) is 1. The number of rotatable bonds is 5. The van der Waals surface area contributed by atoms with Gasteiger partial charge in [-0.15, -0.1) is 0 Å². The third kappa shape index (κ3) is 4.63. The van der Waals surface area contributed by atoms with Crippen molar-refractivity contribution in [3.8, 4) is 10.4 Å². The van der Waals surface area contributed by atoms with E-state index in [0.29, 0.717) is 17.7 Å². The molecule has 2 bridgehead atoms. The molecule has 33 heavy (non-hydrogen) atoms. The summed E-state index contributed by atoms with van der Waals surface area (Å²) >= 11 is 1.65. The van der Waals surface area contributed by atoms with Crippen LogP contribution in [0.3, 0.4) is 0 Å². The van der Waals surface area contributed by atoms with Crippen molar-refractivity contribution in [3.05, 3.63) is 64.4 Å². The Morgan fingerprint density at radius 3 is 2.48 bits per heavy atom. The number of nitrogens with zero attached hydrogens (tertiary/aromatic N) is 3. The Morgan fingerprint density at radius 2 is 1.82 bits per heavy atom. The van der Waals surface area contributed by atoms with E-state index >= 15 is 0 Å². The Hall–Kier alpha value is -2.84. The van der Waals surface area contributed by atoms with Crippen molar-refractivity contribution in [1.29, 1.82) is 0 Å². The number of benzene rings is 1. The van der Waals surface area contributed by atoms with Crippen molar-refractivity contribution in [3.63, 3.8) is 0 Å². The number of aromatic nitrogens is 2. The Kier molecular flexibility index (Phi) is 5.88. The number of carbonyl (C=O) groups is 1. The van der Waals surface area contributed by atoms with Gasteiger partial charge in [0, 0.05) is 30.0 Å². The topological polar surface area (TPSA) is 67.3 Å². The highest BCUT2D eigenvalue weighted by molar-refractivity contribution is 7.19. The number of carbonyl (C=O) groups excluding carboxylic acids is 1. The molecule has 3 aromatic rings. The monoisotopic (exact) mass is 466 g/mol. The summed E-state index contributed by atoms with van der Waals surface area (Å²) in [5.41, 5.74) is 4.85. The molecule has 8 heteroatoms. The molecule has 1 aromatic carbocycles. The van der Waals surface area contributed by atoms with Crippen LogP contribution in [-0.2, 0) is 11.3 Å². The fourth-order valence-corrected chi connectivity index (χ4v) is 5.79. The summed E-state index contributed by atoms with van der Waals surface area (Å²) in [6, 6.07) is 8.32. The summed E-state index contributed by atoms with van der Waals surface area (Å²) in [5, 5.41) is 3.94. The second-order valence-corrected chi connectivity index (χ2v) is 9.89. The zero-order valence-corrected chi connectivity index (χ0v) is 19.8. The smallest absolute Gasteiger partial charge is 0.251 e. The molecule has 2 unspecified atom stereocenters. The minimum Gasteiger partial charge on any atom is -0.371 e. The number of halogens is 1. The van der Waals surface area contributed by atoms with Gasteiger partial charge in [-0.1, -0.05) is 11.3 Å². The predicted octanol–water partition coefficient (Wildman–Crippen LogP) is 4.57. The van der Waals surface area contributed by atoms with Crippen molar-refractivity contribution in [2.75, 3.05) is 18.0 Å². The highest BCUT2D eigenvalue weighted by atomic mass is 32.1. The Bertz CT molecular complexity index is 1180. The molecule has 1 N–H and O–H groups in total. The van der Waals surface area contributed by atoms with Gasteiger partial charge < -0.3 is 15.0 Å². The third-order valence-electron chi connectivity index (χ3n) is 6.19. The first-order chi connectivity index (χ1) is 15.9. The second kappa shape index (κ2) is 8.83. The fraction of sp³-hybridized carbons (Fsp3) is 0.400. The number of ether oxygens (including phenoxy) is 1. The van der Waals surface area contributed by atoms with E-state index < -0.39 is 0 Å². The quantitative estimate of drug-likeness (QED) is 0.597. The highest BCUT2D eigenvalue weighted by Crippen LogP contribution is 2.38. The van der Waals surface area contributed by atoms with Crippen LogP contribution in [0.5, 0.6) is 0 Å². The summed E-state index contributed by atoms with van der Waals surface area (Å²) in [5.74, 6) is -0.585. The van der Waals surface area contributed by atoms with Crippen LogP contribution < -0.4 is 10.2 Å². The molecule has 2 aliphatic rings. The van der Waals surface area contributed by atoms with Crippen molar-refractivity contribution < 1.29 is 13.9 Å². The van der Waals surface area contributed by atoms with Crippen LogP contribution in [0.1, 0.15) is 45.8 Å². The van der Waals surface area contributed by atoms with Gasteiger partial charge in [0.2, 0.25) is 0 Å². The van der Waals surface area contributed by atoms with Crippen LogP contribution >= 0.6 is 11.3 Å². The van der Waals surface area contributed by atoms with E-state index in [0.717, 1.165) is 58.6 Å². The predicted molar refractivity (Wildman–Crippen MR) is 127 cm³/mol. The van der Waals surface area contributed by atoms with Gasteiger partial charge >= 0.3 is 0 Å². The summed E-state index contributed by atoms with van der Waals surface area (Å²) < 4.78 is 19.4. The second-order valence-electron chi connectivity index (χ2n) is 8.92. The van der Waals surface area contributed by atoms with Gasteiger partial charge in [-0.25, -0.2) is 9.37 Å². The van der Waals surface area contributed by atoms with Crippen LogP contribution in [0.4, 0.5) is 9.52 Å². The average Bonchev–Trinajstić information content (AvgIpc) is 3.34. The number of hydrogen-bond acceptors (Lipinski definition) is 6. The minimum absolute atomic E-state index is 0.237. The number of amides is 1. The van der Waals surface area contributed by atoms with E-state index in [9.17, 15) is 9.18 Å². The minimum atomic E-state index is -0.349. The van der Waals surface area contributed by atoms with E-state index in [1.165, 1.54) is 18.2 Å². The molecule has 2 aliphatic heterocycles. The van der Waals surface area contributed by atoms with Crippen LogP contribution in [0.25, 0.3) is 10.4 Å². The summed E-state index contributed by atoms with van der Waals surface area (Å²) in [6.45, 7) is 7.68. The number of hydrogen-bond donors (Lipinski definition) is 1. The molecule has 172 valence electrons. The van der Waals surface area contributed by atoms with Crippen molar-refractivity contribution in [2.24, 2.45) is 0 Å². The molecule has 0 aliphatic carbocycles. The van der Waals surface area contributed by atoms with Gasteiger partial charge in [0.15, 0.2) is 5.13 Å². The van der Waals surface area contributed by atoms with E-state index in [1.54, 1.807) is 18.3 Å². The number of anilines is 1. The first-order valence-corrected chi connectivity index (χ1v) is 12.1. The van der Waals surface area contributed by atoms with E-state index in [2.05, 4.69) is 27.3 Å². The standard InChI is InChI=1S/C25H27FN4O2S/c1-14-8-18(26)4-7-21(14)24(31)27-11-22-23(17-9-15(2)28-16(3)10-17)33-25(29-22)30-12-19-5-6-20(13-30)32-19/h4,7-10,19-20H,5-6,11-13H2,1-3H3,(H,27,31). The summed E-state index contributed by atoms with van der Waals surface area (Å²) in [4.78, 5) is 25.6. The molecule has 4 heterocycles. The number of fused-ring (bicyclic) bond motifs is 2. The van der Waals surface area contributed by atoms with E-state index in [1.807, 2.05) is 13.8 Å². The molecule has 0 spiro atoms. The van der Waals surface area contributed by atoms with Crippen molar-refractivity contribution >= 4 is 22.4 Å². The zero-order valence-electron chi connectivity index (χ0n) is 19.0. The van der Waals surface area contributed by atoms with Crippen LogP contribution in [0, 0.1) is 26.6 Å². The molecular weight excluding hydrogens is 439 g/mol. The van der Waals surface area contributed by atoms with E-state index in [-0.39, 0.29) is 23.9 Å². The fourth-order valence-electron chi connectivity index (χ4n) is 4.70. The zero-order chi connectivity index (χ0) is 23.1. The number of aryl methyl sites for hydroxylation is 3. The molecule has 2 atom stereocenters. The number of morpholine rings is 1. The Morgan fingerprint density at radius 1 is 1.12 bits per heavy atom. The lowest BCUT2D eigenvalue weighted by atomic mass is 10.1. The van der Waals surface area contributed by atoms with Gasteiger partial charge in [-0.3, -0.25) is 9.78 Å². The molecule has 0 saturated carbocycles. The van der Waals surface area contributed by atoms with Crippen LogP contribution in [0.2, 0.25) is 0 Å². The summed E-state index contributed by atoms with van der Waals surface area (Å²) in [7, 11) is 0. The lowest BCUT2D eigenvalue weighted by Crippen LogP contribution is -2.42. The highest BCUT2D eigenvalue weighted by Gasteiger charge is 2.35. The molecule has 1 amide bonds. The van der Waals surface area contributed by atoms with Crippen molar-refractivity contribution in [1.82, 2.24) is 15.3 Å². The normalized spacial score (nSPS) is 19.7. The average molecular weight is 467 g/mol. The molecule has 6 nitrogen and oxygen atoms in total. The molecule has 2 aromatic heterocycles. The lowest BCUT2D eigenvalue weighted by Gasteiger charge is -2.31. The van der Waals surface area contributed by atoms with Crippen LogP contribution in [-0.4, -0.2) is 41.2 Å².